The number of hydrogen-bond donors (Lipinski definition) is 2. The van der Waals surface area contributed by atoms with E-state index >= 15 is 0 Å². The van der Waals surface area contributed by atoms with Gasteiger partial charge in [-0.2, -0.15) is 10.2 Å². The highest BCUT2D eigenvalue weighted by Crippen LogP contribution is 2.41. The smallest absolute Gasteiger partial charge is 0.252 e. The van der Waals surface area contributed by atoms with E-state index in [9.17, 15) is 4.79 Å². The second kappa shape index (κ2) is 9.45. The Kier molecular flexibility index (Phi) is 6.00. The number of thioether (sulfide) groups is 1. The number of aromatic amines is 2. The van der Waals surface area contributed by atoms with Gasteiger partial charge >= 0.3 is 0 Å². The minimum atomic E-state index is -0.359. The van der Waals surface area contributed by atoms with Gasteiger partial charge in [0.25, 0.3) is 5.91 Å². The molecular formula is C25H19ClN6O2S2. The summed E-state index contributed by atoms with van der Waals surface area (Å²) < 4.78 is 8.10. The van der Waals surface area contributed by atoms with Crippen LogP contribution in [0.25, 0.3) is 22.0 Å². The number of fused-ring (bicyclic) bond motifs is 1. The van der Waals surface area contributed by atoms with Crippen molar-refractivity contribution >= 4 is 52.3 Å². The highest BCUT2D eigenvalue weighted by Gasteiger charge is 2.38. The maximum Gasteiger partial charge on any atom is 0.252 e. The summed E-state index contributed by atoms with van der Waals surface area (Å²) in [7, 11) is 0. The van der Waals surface area contributed by atoms with Crippen LogP contribution >= 0.6 is 35.6 Å². The molecule has 6 rings (SSSR count). The Morgan fingerprint density at radius 1 is 1.08 bits per heavy atom. The van der Waals surface area contributed by atoms with Crippen LogP contribution in [0.5, 0.6) is 5.75 Å². The number of carbonyl (C=O) groups excluding carboxylic acids is 1. The Labute approximate surface area is 220 Å². The van der Waals surface area contributed by atoms with Gasteiger partial charge in [0.2, 0.25) is 4.77 Å². The summed E-state index contributed by atoms with van der Waals surface area (Å²) in [5.41, 5.74) is 2.59. The monoisotopic (exact) mass is 534 g/mol. The molecule has 1 amide bonds. The largest absolute Gasteiger partial charge is 0.485 e. The fourth-order valence-electron chi connectivity index (χ4n) is 4.29. The minimum absolute atomic E-state index is 0.0860. The van der Waals surface area contributed by atoms with Crippen molar-refractivity contribution in [1.82, 2.24) is 25.1 Å². The molecule has 3 heterocycles. The van der Waals surface area contributed by atoms with Gasteiger partial charge in [-0.25, -0.2) is 9.69 Å². The van der Waals surface area contributed by atoms with Crippen molar-refractivity contribution in [1.29, 1.82) is 0 Å². The molecule has 1 aliphatic rings. The number of ether oxygens (including phenoxy) is 1. The first kappa shape index (κ1) is 22.8. The summed E-state index contributed by atoms with van der Waals surface area (Å²) in [5.74, 6) is 1.43. The lowest BCUT2D eigenvalue weighted by molar-refractivity contribution is -0.117. The van der Waals surface area contributed by atoms with E-state index in [-0.39, 0.29) is 17.9 Å². The second-order valence-corrected chi connectivity index (χ2v) is 10.0. The van der Waals surface area contributed by atoms with Gasteiger partial charge in [0.05, 0.1) is 17.6 Å². The Balaban J connectivity index is 1.34. The van der Waals surface area contributed by atoms with E-state index in [1.54, 1.807) is 15.9 Å². The number of nitrogens with zero attached hydrogens (tertiary/aromatic N) is 4. The standard InChI is InChI=1S/C25H19ClN6O2S2/c26-17-10-8-16(9-11-17)23-19(12-27-29-23)24-32(22(33)14-36-24)31-21(28-30-25(31)35)13-34-20-7-3-5-15-4-1-2-6-18(15)20/h1-12,24H,13-14H2,(H,27,29)(H,30,35). The van der Waals surface area contributed by atoms with Gasteiger partial charge in [0.15, 0.2) is 5.82 Å². The molecule has 1 saturated heterocycles. The van der Waals surface area contributed by atoms with Crippen molar-refractivity contribution in [2.45, 2.75) is 12.0 Å². The molecular weight excluding hydrogens is 516 g/mol. The van der Waals surface area contributed by atoms with Gasteiger partial charge in [-0.3, -0.25) is 15.0 Å². The predicted molar refractivity (Wildman–Crippen MR) is 143 cm³/mol. The first-order valence-electron chi connectivity index (χ1n) is 11.1. The highest BCUT2D eigenvalue weighted by atomic mass is 35.5. The van der Waals surface area contributed by atoms with Crippen LogP contribution in [0.2, 0.25) is 5.02 Å². The summed E-state index contributed by atoms with van der Waals surface area (Å²) >= 11 is 13.1. The zero-order valence-electron chi connectivity index (χ0n) is 18.7. The van der Waals surface area contributed by atoms with Crippen LogP contribution in [-0.2, 0) is 11.4 Å². The fraction of sp³-hybridized carbons (Fsp3) is 0.120. The summed E-state index contributed by atoms with van der Waals surface area (Å²) in [4.78, 5) is 13.1. The van der Waals surface area contributed by atoms with Gasteiger partial charge in [0, 0.05) is 21.5 Å². The normalized spacial score (nSPS) is 15.6. The molecule has 1 unspecified atom stereocenters. The van der Waals surface area contributed by atoms with Gasteiger partial charge < -0.3 is 4.74 Å². The number of H-pyrrole nitrogens is 2. The van der Waals surface area contributed by atoms with Gasteiger partial charge in [-0.05, 0) is 35.8 Å². The molecule has 1 atom stereocenters. The SMILES string of the molecule is O=C1CSC(c2cn[nH]c2-c2ccc(Cl)cc2)N1n1c(COc2cccc3ccccc23)n[nH]c1=S. The van der Waals surface area contributed by atoms with E-state index in [1.165, 1.54) is 11.8 Å². The maximum atomic E-state index is 13.1. The van der Waals surface area contributed by atoms with Gasteiger partial charge in [0.1, 0.15) is 17.7 Å². The van der Waals surface area contributed by atoms with Crippen LogP contribution in [0.1, 0.15) is 16.8 Å². The number of benzene rings is 3. The third kappa shape index (κ3) is 4.06. The zero-order chi connectivity index (χ0) is 24.6. The molecule has 2 aromatic heterocycles. The molecule has 0 bridgehead atoms. The molecule has 8 nitrogen and oxygen atoms in total. The lowest BCUT2D eigenvalue weighted by atomic mass is 10.1. The summed E-state index contributed by atoms with van der Waals surface area (Å²) in [6.45, 7) is 0.123. The lowest BCUT2D eigenvalue weighted by Crippen LogP contribution is -2.39. The molecule has 0 aliphatic carbocycles. The summed E-state index contributed by atoms with van der Waals surface area (Å²) in [6, 6.07) is 21.4. The second-order valence-electron chi connectivity index (χ2n) is 8.13. The Hall–Kier alpha value is -3.60. The molecule has 5 aromatic rings. The molecule has 11 heteroatoms. The third-order valence-corrected chi connectivity index (χ3v) is 7.65. The van der Waals surface area contributed by atoms with Crippen molar-refractivity contribution in [2.75, 3.05) is 10.8 Å². The fourth-order valence-corrected chi connectivity index (χ4v) is 5.80. The first-order chi connectivity index (χ1) is 17.6. The van der Waals surface area contributed by atoms with Gasteiger partial charge in [-0.15, -0.1) is 11.8 Å². The molecule has 3 aromatic carbocycles. The van der Waals surface area contributed by atoms with Crippen molar-refractivity contribution in [2.24, 2.45) is 0 Å². The average Bonchev–Trinajstić information content (AvgIpc) is 3.61. The molecule has 180 valence electrons. The molecule has 0 radical (unpaired) electrons. The molecule has 0 saturated carbocycles. The van der Waals surface area contributed by atoms with Crippen molar-refractivity contribution in [3.05, 3.63) is 94.1 Å². The number of rotatable bonds is 6. The summed E-state index contributed by atoms with van der Waals surface area (Å²) in [6.07, 6.45) is 1.74. The molecule has 0 spiro atoms. The Bertz CT molecular complexity index is 1620. The topological polar surface area (TPSA) is 91.8 Å². The number of halogens is 1. The van der Waals surface area contributed by atoms with E-state index in [0.29, 0.717) is 21.4 Å². The van der Waals surface area contributed by atoms with E-state index in [2.05, 4.69) is 20.4 Å². The third-order valence-electron chi connectivity index (χ3n) is 5.95. The van der Waals surface area contributed by atoms with Crippen LogP contribution in [0.3, 0.4) is 0 Å². The van der Waals surface area contributed by atoms with E-state index in [4.69, 9.17) is 28.6 Å². The Morgan fingerprint density at radius 3 is 2.75 bits per heavy atom. The van der Waals surface area contributed by atoms with Crippen molar-refractivity contribution in [3.63, 3.8) is 0 Å². The molecule has 1 aliphatic heterocycles. The number of aromatic nitrogens is 5. The maximum absolute atomic E-state index is 13.1. The first-order valence-corrected chi connectivity index (χ1v) is 12.9. The zero-order valence-corrected chi connectivity index (χ0v) is 21.1. The van der Waals surface area contributed by atoms with E-state index < -0.39 is 0 Å². The van der Waals surface area contributed by atoms with Crippen LogP contribution in [0.15, 0.2) is 72.9 Å². The number of hydrogen-bond acceptors (Lipinski definition) is 6. The number of nitrogens with one attached hydrogen (secondary N) is 2. The number of amides is 1. The number of carbonyl (C=O) groups is 1. The van der Waals surface area contributed by atoms with Crippen LogP contribution in [-0.4, -0.2) is 36.7 Å². The lowest BCUT2D eigenvalue weighted by Gasteiger charge is -2.25. The van der Waals surface area contributed by atoms with Crippen LogP contribution < -0.4 is 9.75 Å². The summed E-state index contributed by atoms with van der Waals surface area (Å²) in [5, 5.41) is 18.5. The molecule has 1 fully saturated rings. The van der Waals surface area contributed by atoms with Crippen molar-refractivity contribution < 1.29 is 9.53 Å². The van der Waals surface area contributed by atoms with E-state index in [0.717, 1.165) is 33.3 Å². The van der Waals surface area contributed by atoms with Gasteiger partial charge in [-0.1, -0.05) is 60.1 Å². The molecule has 2 N–H and O–H groups in total. The predicted octanol–water partition coefficient (Wildman–Crippen LogP) is 5.63. The average molecular weight is 535 g/mol. The van der Waals surface area contributed by atoms with Crippen molar-refractivity contribution in [3.8, 4) is 17.0 Å². The quantitative estimate of drug-likeness (QED) is 0.274. The van der Waals surface area contributed by atoms with E-state index in [1.807, 2.05) is 66.7 Å². The van der Waals surface area contributed by atoms with Crippen LogP contribution in [0, 0.1) is 4.77 Å². The highest BCUT2D eigenvalue weighted by molar-refractivity contribution is 8.00. The Morgan fingerprint density at radius 2 is 1.89 bits per heavy atom. The molecule has 36 heavy (non-hydrogen) atoms. The van der Waals surface area contributed by atoms with Crippen LogP contribution in [0.4, 0.5) is 0 Å². The minimum Gasteiger partial charge on any atom is -0.485 e.